The van der Waals surface area contributed by atoms with Gasteiger partial charge in [-0.2, -0.15) is 0 Å². The molecule has 1 fully saturated rings. The number of hydrogen-bond acceptors (Lipinski definition) is 5. The first-order valence-corrected chi connectivity index (χ1v) is 6.66. The van der Waals surface area contributed by atoms with Crippen molar-refractivity contribution in [2.24, 2.45) is 0 Å². The van der Waals surface area contributed by atoms with Crippen molar-refractivity contribution in [1.29, 1.82) is 0 Å². The fraction of sp³-hybridized carbons (Fsp3) is 0.615. The second-order valence-electron chi connectivity index (χ2n) is 5.12. The summed E-state index contributed by atoms with van der Waals surface area (Å²) in [4.78, 5) is 14.1. The Bertz CT molecular complexity index is 443. The Balaban J connectivity index is 2.03. The van der Waals surface area contributed by atoms with Gasteiger partial charge in [0, 0.05) is 6.54 Å². The van der Waals surface area contributed by atoms with Crippen molar-refractivity contribution in [3.63, 3.8) is 0 Å². The van der Waals surface area contributed by atoms with E-state index in [1.165, 1.54) is 6.20 Å². The van der Waals surface area contributed by atoms with Gasteiger partial charge < -0.3 is 20.5 Å². The van der Waals surface area contributed by atoms with Gasteiger partial charge in [0.15, 0.2) is 0 Å². The molecule has 1 saturated carbocycles. The maximum atomic E-state index is 10.8. The molecule has 1 heterocycles. The standard InChI is InChI=1S/C13H19N3O3/c17-13(7-3-1-2-4-8-13)10-15-11-6-5-9-14-12(11)16(18)19/h5-6,9,15,17H,1-4,7-8,10H2. The van der Waals surface area contributed by atoms with Crippen LogP contribution in [0.4, 0.5) is 11.5 Å². The van der Waals surface area contributed by atoms with E-state index in [4.69, 9.17) is 0 Å². The Hall–Kier alpha value is -1.69. The summed E-state index contributed by atoms with van der Waals surface area (Å²) in [5.74, 6) is -0.195. The third-order valence-corrected chi connectivity index (χ3v) is 3.60. The SMILES string of the molecule is O=[N+]([O-])c1ncccc1NCC1(O)CCCCCC1. The molecule has 19 heavy (non-hydrogen) atoms. The van der Waals surface area contributed by atoms with Gasteiger partial charge in [0.1, 0.15) is 11.9 Å². The highest BCUT2D eigenvalue weighted by Gasteiger charge is 2.28. The van der Waals surface area contributed by atoms with Crippen molar-refractivity contribution in [1.82, 2.24) is 4.98 Å². The van der Waals surface area contributed by atoms with Crippen LogP contribution in [0.15, 0.2) is 18.3 Å². The summed E-state index contributed by atoms with van der Waals surface area (Å²) in [6, 6.07) is 3.26. The maximum Gasteiger partial charge on any atom is 0.386 e. The van der Waals surface area contributed by atoms with Crippen LogP contribution < -0.4 is 5.32 Å². The molecule has 2 rings (SSSR count). The highest BCUT2D eigenvalue weighted by molar-refractivity contribution is 5.56. The molecule has 1 aromatic heterocycles. The van der Waals surface area contributed by atoms with Crippen molar-refractivity contribution in [2.75, 3.05) is 11.9 Å². The van der Waals surface area contributed by atoms with Gasteiger partial charge in [0.25, 0.3) is 0 Å². The summed E-state index contributed by atoms with van der Waals surface area (Å²) in [7, 11) is 0. The van der Waals surface area contributed by atoms with Crippen molar-refractivity contribution in [3.05, 3.63) is 28.4 Å². The van der Waals surface area contributed by atoms with Crippen molar-refractivity contribution >= 4 is 11.5 Å². The van der Waals surface area contributed by atoms with Crippen LogP contribution in [0.1, 0.15) is 38.5 Å². The first-order valence-electron chi connectivity index (χ1n) is 6.66. The topological polar surface area (TPSA) is 88.3 Å². The monoisotopic (exact) mass is 265 g/mol. The normalized spacial score (nSPS) is 18.6. The average Bonchev–Trinajstić information content (AvgIpc) is 2.62. The fourth-order valence-corrected chi connectivity index (χ4v) is 2.50. The van der Waals surface area contributed by atoms with E-state index < -0.39 is 10.5 Å². The number of nitrogens with zero attached hydrogens (tertiary/aromatic N) is 2. The van der Waals surface area contributed by atoms with Crippen LogP contribution in [-0.2, 0) is 0 Å². The van der Waals surface area contributed by atoms with Crippen molar-refractivity contribution < 1.29 is 10.0 Å². The van der Waals surface area contributed by atoms with E-state index in [-0.39, 0.29) is 5.82 Å². The predicted molar refractivity (Wildman–Crippen MR) is 72.0 cm³/mol. The van der Waals surface area contributed by atoms with Gasteiger partial charge in [-0.05, 0) is 34.9 Å². The predicted octanol–water partition coefficient (Wildman–Crippen LogP) is 2.49. The van der Waals surface area contributed by atoms with Gasteiger partial charge in [0.05, 0.1) is 5.60 Å². The summed E-state index contributed by atoms with van der Waals surface area (Å²) in [6.45, 7) is 0.333. The fourth-order valence-electron chi connectivity index (χ4n) is 2.50. The second kappa shape index (κ2) is 5.97. The molecular weight excluding hydrogens is 246 g/mol. The molecule has 0 unspecified atom stereocenters. The molecule has 6 heteroatoms. The number of nitrogens with one attached hydrogen (secondary N) is 1. The lowest BCUT2D eigenvalue weighted by Crippen LogP contribution is -2.36. The minimum atomic E-state index is -0.764. The van der Waals surface area contributed by atoms with E-state index in [1.807, 2.05) is 0 Å². The van der Waals surface area contributed by atoms with Crippen LogP contribution in [0.2, 0.25) is 0 Å². The Morgan fingerprint density at radius 2 is 2.05 bits per heavy atom. The number of anilines is 1. The molecular formula is C13H19N3O3. The van der Waals surface area contributed by atoms with Gasteiger partial charge in [-0.25, -0.2) is 0 Å². The number of hydrogen-bond donors (Lipinski definition) is 2. The zero-order valence-electron chi connectivity index (χ0n) is 10.8. The molecule has 1 aliphatic carbocycles. The van der Waals surface area contributed by atoms with E-state index in [0.717, 1.165) is 38.5 Å². The van der Waals surface area contributed by atoms with E-state index in [1.54, 1.807) is 12.1 Å². The molecule has 1 aromatic rings. The minimum Gasteiger partial charge on any atom is -0.388 e. The first kappa shape index (κ1) is 13.7. The van der Waals surface area contributed by atoms with E-state index in [0.29, 0.717) is 12.2 Å². The molecule has 0 radical (unpaired) electrons. The molecule has 0 bridgehead atoms. The van der Waals surface area contributed by atoms with E-state index in [9.17, 15) is 15.2 Å². The lowest BCUT2D eigenvalue weighted by Gasteiger charge is -2.27. The van der Waals surface area contributed by atoms with Gasteiger partial charge in [-0.15, -0.1) is 0 Å². The molecule has 0 aliphatic heterocycles. The number of rotatable bonds is 4. The number of aliphatic hydroxyl groups is 1. The second-order valence-corrected chi connectivity index (χ2v) is 5.12. The molecule has 0 amide bonds. The van der Waals surface area contributed by atoms with Gasteiger partial charge in [0.2, 0.25) is 0 Å². The van der Waals surface area contributed by atoms with Gasteiger partial charge in [-0.1, -0.05) is 25.7 Å². The zero-order chi connectivity index (χ0) is 13.7. The first-order chi connectivity index (χ1) is 9.11. The average molecular weight is 265 g/mol. The molecule has 0 spiro atoms. The Morgan fingerprint density at radius 3 is 2.68 bits per heavy atom. The summed E-state index contributed by atoms with van der Waals surface area (Å²) in [6.07, 6.45) is 7.19. The third kappa shape index (κ3) is 3.64. The smallest absolute Gasteiger partial charge is 0.386 e. The van der Waals surface area contributed by atoms with Crippen molar-refractivity contribution in [3.8, 4) is 0 Å². The molecule has 104 valence electrons. The zero-order valence-corrected chi connectivity index (χ0v) is 10.8. The number of pyridine rings is 1. The van der Waals surface area contributed by atoms with Crippen LogP contribution in [0, 0.1) is 10.1 Å². The van der Waals surface area contributed by atoms with Gasteiger partial charge in [-0.3, -0.25) is 0 Å². The summed E-state index contributed by atoms with van der Waals surface area (Å²) in [5.41, 5.74) is -0.398. The quantitative estimate of drug-likeness (QED) is 0.496. The van der Waals surface area contributed by atoms with E-state index in [2.05, 4.69) is 10.3 Å². The van der Waals surface area contributed by atoms with Crippen LogP contribution in [0.3, 0.4) is 0 Å². The largest absolute Gasteiger partial charge is 0.388 e. The lowest BCUT2D eigenvalue weighted by atomic mass is 9.94. The Morgan fingerprint density at radius 1 is 1.37 bits per heavy atom. The number of aromatic nitrogens is 1. The molecule has 0 saturated heterocycles. The Labute approximate surface area is 112 Å². The van der Waals surface area contributed by atoms with Crippen LogP contribution in [0.25, 0.3) is 0 Å². The summed E-state index contributed by atoms with van der Waals surface area (Å²) >= 11 is 0. The lowest BCUT2D eigenvalue weighted by molar-refractivity contribution is -0.388. The Kier molecular flexibility index (Phi) is 4.31. The summed E-state index contributed by atoms with van der Waals surface area (Å²) in [5, 5.41) is 24.3. The number of nitro groups is 1. The third-order valence-electron chi connectivity index (χ3n) is 3.60. The van der Waals surface area contributed by atoms with Crippen molar-refractivity contribution in [2.45, 2.75) is 44.1 Å². The van der Waals surface area contributed by atoms with Gasteiger partial charge >= 0.3 is 5.82 Å². The van der Waals surface area contributed by atoms with E-state index >= 15 is 0 Å². The molecule has 0 aromatic carbocycles. The highest BCUT2D eigenvalue weighted by atomic mass is 16.6. The molecule has 2 N–H and O–H groups in total. The molecule has 0 atom stereocenters. The highest BCUT2D eigenvalue weighted by Crippen LogP contribution is 2.28. The van der Waals surface area contributed by atoms with Crippen LogP contribution in [0.5, 0.6) is 0 Å². The van der Waals surface area contributed by atoms with Crippen LogP contribution in [-0.4, -0.2) is 27.2 Å². The van der Waals surface area contributed by atoms with Crippen LogP contribution >= 0.6 is 0 Å². The molecule has 6 nitrogen and oxygen atoms in total. The summed E-state index contributed by atoms with van der Waals surface area (Å²) < 4.78 is 0. The minimum absolute atomic E-state index is 0.195. The molecule has 1 aliphatic rings. The maximum absolute atomic E-state index is 10.8.